The minimum absolute atomic E-state index is 0.120. The van der Waals surface area contributed by atoms with E-state index in [0.29, 0.717) is 17.4 Å². The van der Waals surface area contributed by atoms with Crippen LogP contribution in [0, 0.1) is 17.2 Å². The normalized spacial score (nSPS) is 18.7. The van der Waals surface area contributed by atoms with E-state index in [-0.39, 0.29) is 6.61 Å². The van der Waals surface area contributed by atoms with Crippen LogP contribution in [-0.4, -0.2) is 17.2 Å². The van der Waals surface area contributed by atoms with Crippen molar-refractivity contribution in [1.82, 2.24) is 4.98 Å². The molecule has 0 amide bonds. The fourth-order valence-corrected chi connectivity index (χ4v) is 3.36. The van der Waals surface area contributed by atoms with Crippen LogP contribution in [0.4, 0.5) is 0 Å². The number of methoxy groups -OCH3 is 1. The van der Waals surface area contributed by atoms with E-state index >= 15 is 0 Å². The predicted molar refractivity (Wildman–Crippen MR) is 98.2 cm³/mol. The molecule has 0 spiro atoms. The zero-order valence-corrected chi connectivity index (χ0v) is 14.6. The number of nitrogens with zero attached hydrogens (tertiary/aromatic N) is 2. The van der Waals surface area contributed by atoms with Gasteiger partial charge in [0.05, 0.1) is 30.7 Å². The SMILES string of the molecule is COc1nc2cc(C(C)(C#N)CC3C=CC=CC3)ccc2cc1CO. The number of rotatable bonds is 5. The van der Waals surface area contributed by atoms with Crippen LogP contribution in [0.25, 0.3) is 10.9 Å². The van der Waals surface area contributed by atoms with Crippen molar-refractivity contribution in [3.05, 3.63) is 59.7 Å². The van der Waals surface area contributed by atoms with Crippen molar-refractivity contribution in [2.24, 2.45) is 5.92 Å². The lowest BCUT2D eigenvalue weighted by Gasteiger charge is -2.27. The van der Waals surface area contributed by atoms with Crippen molar-refractivity contribution < 1.29 is 9.84 Å². The van der Waals surface area contributed by atoms with Crippen LogP contribution in [0.3, 0.4) is 0 Å². The van der Waals surface area contributed by atoms with Gasteiger partial charge in [0.25, 0.3) is 0 Å². The van der Waals surface area contributed by atoms with Crippen LogP contribution < -0.4 is 4.74 Å². The molecule has 4 heteroatoms. The molecule has 1 heterocycles. The first kappa shape index (κ1) is 17.2. The van der Waals surface area contributed by atoms with Crippen molar-refractivity contribution in [2.75, 3.05) is 7.11 Å². The number of hydrogen-bond acceptors (Lipinski definition) is 4. The molecule has 0 saturated carbocycles. The number of benzene rings is 1. The minimum Gasteiger partial charge on any atom is -0.481 e. The summed E-state index contributed by atoms with van der Waals surface area (Å²) in [7, 11) is 1.54. The Balaban J connectivity index is 1.99. The van der Waals surface area contributed by atoms with Crippen LogP contribution in [-0.2, 0) is 12.0 Å². The third-order valence-electron chi connectivity index (χ3n) is 4.84. The summed E-state index contributed by atoms with van der Waals surface area (Å²) in [6.45, 7) is 1.87. The van der Waals surface area contributed by atoms with Gasteiger partial charge in [-0.25, -0.2) is 4.98 Å². The molecular formula is C21H22N2O2. The van der Waals surface area contributed by atoms with Crippen LogP contribution in [0.1, 0.15) is 30.9 Å². The van der Waals surface area contributed by atoms with Gasteiger partial charge in [-0.2, -0.15) is 5.26 Å². The van der Waals surface area contributed by atoms with Crippen LogP contribution >= 0.6 is 0 Å². The van der Waals surface area contributed by atoms with Crippen LogP contribution in [0.5, 0.6) is 5.88 Å². The Bertz CT molecular complexity index is 879. The number of allylic oxidation sites excluding steroid dienone is 4. The fourth-order valence-electron chi connectivity index (χ4n) is 3.36. The van der Waals surface area contributed by atoms with Crippen LogP contribution in [0.15, 0.2) is 48.6 Å². The third-order valence-corrected chi connectivity index (χ3v) is 4.84. The predicted octanol–water partition coefficient (Wildman–Crippen LogP) is 4.04. The lowest BCUT2D eigenvalue weighted by molar-refractivity contribution is 0.272. The highest BCUT2D eigenvalue weighted by Crippen LogP contribution is 2.35. The number of aliphatic hydroxyl groups excluding tert-OH is 1. The van der Waals surface area contributed by atoms with E-state index in [1.54, 1.807) is 7.11 Å². The molecule has 2 atom stereocenters. The second kappa shape index (κ2) is 7.08. The lowest BCUT2D eigenvalue weighted by atomic mass is 9.75. The number of ether oxygens (including phenoxy) is 1. The molecule has 2 aromatic rings. The van der Waals surface area contributed by atoms with Gasteiger partial charge < -0.3 is 9.84 Å². The summed E-state index contributed by atoms with van der Waals surface area (Å²) in [5.41, 5.74) is 1.80. The highest BCUT2D eigenvalue weighted by atomic mass is 16.5. The van der Waals surface area contributed by atoms with E-state index in [0.717, 1.165) is 29.3 Å². The first-order chi connectivity index (χ1) is 12.1. The van der Waals surface area contributed by atoms with Gasteiger partial charge >= 0.3 is 0 Å². The Morgan fingerprint density at radius 1 is 1.36 bits per heavy atom. The Kier molecular flexibility index (Phi) is 4.87. The van der Waals surface area contributed by atoms with Crippen molar-refractivity contribution in [1.29, 1.82) is 5.26 Å². The quantitative estimate of drug-likeness (QED) is 0.896. The maximum Gasteiger partial charge on any atom is 0.219 e. The average Bonchev–Trinajstić information content (AvgIpc) is 2.67. The third kappa shape index (κ3) is 3.42. The van der Waals surface area contributed by atoms with E-state index < -0.39 is 5.41 Å². The van der Waals surface area contributed by atoms with E-state index in [4.69, 9.17) is 4.74 Å². The summed E-state index contributed by atoms with van der Waals surface area (Å²) in [6, 6.07) is 10.3. The largest absolute Gasteiger partial charge is 0.481 e. The Morgan fingerprint density at radius 2 is 2.20 bits per heavy atom. The molecule has 1 aromatic heterocycles. The molecule has 1 aliphatic rings. The molecule has 0 bridgehead atoms. The first-order valence-electron chi connectivity index (χ1n) is 8.43. The Labute approximate surface area is 148 Å². The van der Waals surface area contributed by atoms with Crippen LogP contribution in [0.2, 0.25) is 0 Å². The second-order valence-corrected chi connectivity index (χ2v) is 6.68. The number of pyridine rings is 1. The molecule has 0 radical (unpaired) electrons. The molecule has 1 N–H and O–H groups in total. The van der Waals surface area contributed by atoms with Gasteiger partial charge in [0.15, 0.2) is 0 Å². The molecule has 0 saturated heterocycles. The first-order valence-corrected chi connectivity index (χ1v) is 8.43. The number of fused-ring (bicyclic) bond motifs is 1. The average molecular weight is 334 g/mol. The van der Waals surface area contributed by atoms with Gasteiger partial charge in [0, 0.05) is 10.9 Å². The van der Waals surface area contributed by atoms with E-state index in [1.165, 1.54) is 0 Å². The smallest absolute Gasteiger partial charge is 0.219 e. The zero-order chi connectivity index (χ0) is 17.9. The standard InChI is InChI=1S/C21H22N2O2/c1-21(14-22,12-15-6-4-3-5-7-15)18-9-8-16-10-17(13-24)20(25-2)23-19(16)11-18/h3-6,8-11,15,24H,7,12-13H2,1-2H3. The molecule has 25 heavy (non-hydrogen) atoms. The summed E-state index contributed by atoms with van der Waals surface area (Å²) < 4.78 is 5.26. The summed E-state index contributed by atoms with van der Waals surface area (Å²) in [6.07, 6.45) is 10.1. The number of nitriles is 1. The van der Waals surface area contributed by atoms with Gasteiger partial charge in [-0.3, -0.25) is 0 Å². The van der Waals surface area contributed by atoms with Crippen molar-refractivity contribution in [3.63, 3.8) is 0 Å². The Morgan fingerprint density at radius 3 is 2.84 bits per heavy atom. The summed E-state index contributed by atoms with van der Waals surface area (Å²) in [5.74, 6) is 0.788. The molecule has 4 nitrogen and oxygen atoms in total. The Hall–Kier alpha value is -2.64. The monoisotopic (exact) mass is 334 g/mol. The summed E-state index contributed by atoms with van der Waals surface area (Å²) in [4.78, 5) is 4.50. The van der Waals surface area contributed by atoms with Gasteiger partial charge in [-0.15, -0.1) is 0 Å². The molecule has 1 aliphatic carbocycles. The molecule has 0 fully saturated rings. The molecule has 2 unspecified atom stereocenters. The van der Waals surface area contributed by atoms with Crippen molar-refractivity contribution in [2.45, 2.75) is 31.8 Å². The van der Waals surface area contributed by atoms with E-state index in [1.807, 2.05) is 37.3 Å². The van der Waals surface area contributed by atoms with Crippen molar-refractivity contribution >= 4 is 10.9 Å². The number of aromatic nitrogens is 1. The van der Waals surface area contributed by atoms with Gasteiger partial charge in [0.2, 0.25) is 5.88 Å². The second-order valence-electron chi connectivity index (χ2n) is 6.68. The number of hydrogen-bond donors (Lipinski definition) is 1. The highest BCUT2D eigenvalue weighted by Gasteiger charge is 2.30. The van der Waals surface area contributed by atoms with Gasteiger partial charge in [-0.05, 0) is 43.4 Å². The molecule has 0 aliphatic heterocycles. The van der Waals surface area contributed by atoms with Crippen molar-refractivity contribution in [3.8, 4) is 11.9 Å². The molecule has 128 valence electrons. The molecule has 3 rings (SSSR count). The summed E-state index contributed by atoms with van der Waals surface area (Å²) in [5, 5.41) is 20.2. The summed E-state index contributed by atoms with van der Waals surface area (Å²) >= 11 is 0. The topological polar surface area (TPSA) is 66.1 Å². The zero-order valence-electron chi connectivity index (χ0n) is 14.6. The van der Waals surface area contributed by atoms with Gasteiger partial charge in [-0.1, -0.05) is 36.4 Å². The van der Waals surface area contributed by atoms with E-state index in [9.17, 15) is 10.4 Å². The molecular weight excluding hydrogens is 312 g/mol. The lowest BCUT2D eigenvalue weighted by Crippen LogP contribution is -2.23. The van der Waals surface area contributed by atoms with E-state index in [2.05, 4.69) is 29.3 Å². The minimum atomic E-state index is -0.584. The number of aliphatic hydroxyl groups is 1. The molecule has 1 aromatic carbocycles. The van der Waals surface area contributed by atoms with Gasteiger partial charge in [0.1, 0.15) is 0 Å². The highest BCUT2D eigenvalue weighted by molar-refractivity contribution is 5.81. The maximum atomic E-state index is 9.85. The fraction of sp³-hybridized carbons (Fsp3) is 0.333. The maximum absolute atomic E-state index is 9.85.